The Bertz CT molecular complexity index is 3150. The van der Waals surface area contributed by atoms with Crippen molar-refractivity contribution in [2.75, 3.05) is 0 Å². The van der Waals surface area contributed by atoms with Crippen LogP contribution in [0.15, 0.2) is 91.0 Å². The molecule has 73 heavy (non-hydrogen) atoms. The minimum Gasteiger partial charge on any atom is -0.287 e. The van der Waals surface area contributed by atoms with Gasteiger partial charge in [-0.2, -0.15) is 4.57 Å². The van der Waals surface area contributed by atoms with E-state index >= 15 is 35.1 Å². The van der Waals surface area contributed by atoms with E-state index in [9.17, 15) is 57.5 Å². The molecule has 0 radical (unpaired) electrons. The molecule has 23 heteroatoms. The Morgan fingerprint density at radius 1 is 0.384 bits per heavy atom. The average Bonchev–Trinajstić information content (AvgIpc) is 3.39. The van der Waals surface area contributed by atoms with Crippen molar-refractivity contribution in [3.63, 3.8) is 0 Å². The largest absolute Gasteiger partial charge is 0.287 e. The van der Waals surface area contributed by atoms with Gasteiger partial charge in [-0.1, -0.05) is 68.4 Å². The molecule has 0 fully saturated rings. The van der Waals surface area contributed by atoms with Gasteiger partial charge in [0.2, 0.25) is 23.5 Å². The first-order valence-electron chi connectivity index (χ1n) is 20.7. The van der Waals surface area contributed by atoms with Crippen LogP contribution in [0.1, 0.15) is 35.7 Å². The topological polar surface area (TPSA) is 20.9 Å². The maximum Gasteiger partial charge on any atom is 0.227 e. The maximum absolute atomic E-state index is 15.4. The summed E-state index contributed by atoms with van der Waals surface area (Å²) < 4.78 is 296. The van der Waals surface area contributed by atoms with Crippen LogP contribution in [0.5, 0.6) is 0 Å². The van der Waals surface area contributed by atoms with Gasteiger partial charge in [-0.05, 0) is 35.7 Å². The molecule has 8 rings (SSSR count). The van der Waals surface area contributed by atoms with Crippen LogP contribution in [0.2, 0.25) is 0 Å². The van der Waals surface area contributed by atoms with Gasteiger partial charge in [-0.25, -0.2) is 87.8 Å². The molecule has 0 aliphatic heterocycles. The zero-order valence-electron chi connectivity index (χ0n) is 36.4. The molecule has 0 spiro atoms. The fraction of sp³-hybridized carbons (Fsp3) is 0.0800. The second-order valence-corrected chi connectivity index (χ2v) is 16.2. The van der Waals surface area contributed by atoms with Crippen molar-refractivity contribution in [1.29, 1.82) is 0 Å². The van der Waals surface area contributed by atoms with Gasteiger partial charge in [-0.3, -0.25) is 4.79 Å². The van der Waals surface area contributed by atoms with Gasteiger partial charge in [0.05, 0.1) is 0 Å². The van der Waals surface area contributed by atoms with Gasteiger partial charge in [0.25, 0.3) is 0 Å². The maximum atomic E-state index is 15.4. The lowest BCUT2D eigenvalue weighted by molar-refractivity contribution is -0.646. The number of halogens is 20. The number of rotatable bonds is 9. The summed E-state index contributed by atoms with van der Waals surface area (Å²) in [6.45, 7) is 4.71. The molecule has 0 unspecified atom stereocenters. The van der Waals surface area contributed by atoms with Gasteiger partial charge in [0.15, 0.2) is 69.8 Å². The Morgan fingerprint density at radius 2 is 0.699 bits per heavy atom. The molecule has 0 bridgehead atoms. The van der Waals surface area contributed by atoms with E-state index in [1.54, 1.807) is 0 Å². The van der Waals surface area contributed by atoms with Crippen LogP contribution in [0.3, 0.4) is 0 Å². The molecule has 2 nitrogen and oxygen atoms in total. The Morgan fingerprint density at radius 3 is 1.04 bits per heavy atom. The molecular weight excluding hydrogens is 1020 g/mol. The summed E-state index contributed by atoms with van der Waals surface area (Å²) in [5.74, 6) is -70.8. The molecule has 7 aromatic carbocycles. The average molecular weight is 1050 g/mol. The van der Waals surface area contributed by atoms with Crippen LogP contribution in [-0.2, 0) is 6.54 Å². The molecule has 0 atom stereocenters. The minimum atomic E-state index is -7.22. The molecule has 0 saturated heterocycles. The van der Waals surface area contributed by atoms with Crippen LogP contribution in [0, 0.1) is 116 Å². The number of aromatic nitrogens is 1. The van der Waals surface area contributed by atoms with Gasteiger partial charge >= 0.3 is 0 Å². The van der Waals surface area contributed by atoms with E-state index < -0.39 is 144 Å². The van der Waals surface area contributed by atoms with E-state index in [2.05, 4.69) is 66.9 Å². The number of nitrogens with zero attached hydrogens (tertiary/aromatic N) is 1. The van der Waals surface area contributed by atoms with Gasteiger partial charge < -0.3 is 0 Å². The number of benzene rings is 7. The number of ketones is 1. The van der Waals surface area contributed by atoms with Crippen molar-refractivity contribution >= 4 is 44.7 Å². The van der Waals surface area contributed by atoms with Crippen molar-refractivity contribution in [3.8, 4) is 11.3 Å². The van der Waals surface area contributed by atoms with Crippen LogP contribution >= 0.6 is 0 Å². The number of para-hydroxylation sites is 1. The van der Waals surface area contributed by atoms with Gasteiger partial charge in [-0.15, -0.1) is 21.9 Å². The van der Waals surface area contributed by atoms with Crippen molar-refractivity contribution in [3.05, 3.63) is 218 Å². The fourth-order valence-electron chi connectivity index (χ4n) is 8.46. The molecule has 1 heterocycles. The number of Topliss-reactive ketones (excluding diaryl/α,β-unsaturated/α-hetero) is 1. The first-order chi connectivity index (χ1) is 34.3. The quantitative estimate of drug-likeness (QED) is 0.0352. The lowest BCUT2D eigenvalue weighted by atomic mass is 9.12. The highest BCUT2D eigenvalue weighted by atomic mass is 19.2. The Labute approximate surface area is 397 Å². The highest BCUT2D eigenvalue weighted by molar-refractivity contribution is 7.20. The third-order valence-corrected chi connectivity index (χ3v) is 11.9. The van der Waals surface area contributed by atoms with Crippen molar-refractivity contribution < 1.29 is 97.2 Å². The second kappa shape index (κ2) is 20.1. The highest BCUT2D eigenvalue weighted by Crippen LogP contribution is 2.31. The van der Waals surface area contributed by atoms with Crippen LogP contribution < -0.4 is 26.4 Å². The van der Waals surface area contributed by atoms with E-state index in [0.29, 0.717) is 12.5 Å². The van der Waals surface area contributed by atoms with E-state index in [0.717, 1.165) is 27.7 Å². The Hall–Kier alpha value is -7.72. The molecule has 8 aromatic rings. The van der Waals surface area contributed by atoms with E-state index in [1.165, 1.54) is 5.56 Å². The summed E-state index contributed by atoms with van der Waals surface area (Å²) in [6.07, 6.45) is -7.22. The third kappa shape index (κ3) is 8.60. The molecule has 0 amide bonds. The molecule has 0 saturated carbocycles. The number of fused-ring (bicyclic) bond motifs is 1. The van der Waals surface area contributed by atoms with Crippen molar-refractivity contribution in [2.45, 2.75) is 26.3 Å². The number of hydrogen-bond acceptors (Lipinski definition) is 1. The van der Waals surface area contributed by atoms with E-state index in [-0.39, 0.29) is 5.78 Å². The Kier molecular flexibility index (Phi) is 14.6. The molecule has 1 aromatic heterocycles. The Balaban J connectivity index is 0.000000237. The predicted molar refractivity (Wildman–Crippen MR) is 224 cm³/mol. The SMILES string of the molecule is CC(C)c1ccc(-c2ccc3ccccc3[n+]2CC(=O)c2ccccc2)cc1.Fc1c(F)c(F)c([B-](c2c(F)c(F)c(F)c(F)c2F)(c2c(F)c(F)c(F)c(F)c2F)c2c(F)c(F)c(F)c(F)c2F)c(F)c1F. The number of carbonyl (C=O) groups excluding carboxylic acids is 1. The van der Waals surface area contributed by atoms with Crippen molar-refractivity contribution in [2.24, 2.45) is 0 Å². The first kappa shape index (κ1) is 53.1. The fourth-order valence-corrected chi connectivity index (χ4v) is 8.46. The lowest BCUT2D eigenvalue weighted by Gasteiger charge is -2.44. The number of carbonyl (C=O) groups is 1. The van der Waals surface area contributed by atoms with Crippen molar-refractivity contribution in [1.82, 2.24) is 0 Å². The smallest absolute Gasteiger partial charge is 0.227 e. The zero-order chi connectivity index (χ0) is 53.9. The zero-order valence-corrected chi connectivity index (χ0v) is 36.4. The summed E-state index contributed by atoms with van der Waals surface area (Å²) >= 11 is 0. The number of hydrogen-bond donors (Lipinski definition) is 0. The summed E-state index contributed by atoms with van der Waals surface area (Å²) in [5, 5.41) is 1.13. The van der Waals surface area contributed by atoms with Crippen LogP contribution in [0.25, 0.3) is 22.2 Å². The van der Waals surface area contributed by atoms with Gasteiger partial charge in [0.1, 0.15) is 52.7 Å². The number of pyridine rings is 1. The van der Waals surface area contributed by atoms with Gasteiger partial charge in [0, 0.05) is 28.6 Å². The van der Waals surface area contributed by atoms with E-state index in [1.807, 2.05) is 42.5 Å². The van der Waals surface area contributed by atoms with E-state index in [4.69, 9.17) is 0 Å². The highest BCUT2D eigenvalue weighted by Gasteiger charge is 2.52. The first-order valence-corrected chi connectivity index (χ1v) is 20.7. The molecule has 0 aliphatic rings. The van der Waals surface area contributed by atoms with Crippen LogP contribution in [-0.4, -0.2) is 11.9 Å². The standard InChI is InChI=1S/C26H24NO.C24BF20/c1-19(2)20-12-14-22(15-13-20)25-17-16-21-8-6-7-11-24(21)27(25)18-26(28)23-9-4-3-5-10-23;26-5-1(6(27)14(35)21(42)13(5)34)25(2-7(28)15(36)22(43)16(37)8(2)29,3-9(30)17(38)23(44)18(39)10(3)31)4-11(32)19(40)24(45)20(41)12(4)33/h3-17,19H,18H2,1-2H3;/q+1;-1. The van der Waals surface area contributed by atoms with Crippen LogP contribution in [0.4, 0.5) is 87.8 Å². The summed E-state index contributed by atoms with van der Waals surface area (Å²) in [4.78, 5) is 13.0. The monoisotopic (exact) mass is 1050 g/mol. The summed E-state index contributed by atoms with van der Waals surface area (Å²) in [6, 6.07) is 30.7. The normalized spacial score (nSPS) is 11.7. The molecule has 0 aliphatic carbocycles. The predicted octanol–water partition coefficient (Wildman–Crippen LogP) is 11.6. The third-order valence-electron chi connectivity index (χ3n) is 11.9. The minimum absolute atomic E-state index is 0.113. The summed E-state index contributed by atoms with van der Waals surface area (Å²) in [5.41, 5.74) is -9.03. The second-order valence-electron chi connectivity index (χ2n) is 16.2. The summed E-state index contributed by atoms with van der Waals surface area (Å²) in [7, 11) is 0. The molecular formula is C50H24BF20NO. The molecule has 0 N–H and O–H groups in total. The molecule has 378 valence electrons. The lowest BCUT2D eigenvalue weighted by Crippen LogP contribution is -2.81.